The molecule has 0 spiro atoms. The van der Waals surface area contributed by atoms with Crippen molar-refractivity contribution in [1.29, 1.82) is 0 Å². The number of aryl methyl sites for hydroxylation is 1. The van der Waals surface area contributed by atoms with Crippen LogP contribution in [0, 0.1) is 12.7 Å². The quantitative estimate of drug-likeness (QED) is 0.622. The molecule has 30 heavy (non-hydrogen) atoms. The van der Waals surface area contributed by atoms with Gasteiger partial charge in [-0.1, -0.05) is 17.7 Å². The van der Waals surface area contributed by atoms with Crippen molar-refractivity contribution >= 4 is 39.1 Å². The fraction of sp³-hybridized carbons (Fsp3) is 0.381. The highest BCUT2D eigenvalue weighted by Crippen LogP contribution is 2.27. The van der Waals surface area contributed by atoms with Gasteiger partial charge in [-0.05, 0) is 38.3 Å². The molecule has 0 aliphatic carbocycles. The van der Waals surface area contributed by atoms with Crippen LogP contribution in [0.4, 0.5) is 4.39 Å². The molecule has 158 valence electrons. The SMILES string of the molecule is Cc1sc2ncn(C[C@H]3CCCO3)c(=O)c2c1C(=O)NCCc1c(F)cccc1Cl. The number of hydrogen-bond acceptors (Lipinski definition) is 5. The number of carbonyl (C=O) groups is 1. The molecular weight excluding hydrogens is 429 g/mol. The Morgan fingerprint density at radius 2 is 2.30 bits per heavy atom. The zero-order chi connectivity index (χ0) is 21.3. The lowest BCUT2D eigenvalue weighted by atomic mass is 10.1. The van der Waals surface area contributed by atoms with E-state index >= 15 is 0 Å². The van der Waals surface area contributed by atoms with E-state index in [9.17, 15) is 14.0 Å². The zero-order valence-corrected chi connectivity index (χ0v) is 18.0. The first-order chi connectivity index (χ1) is 14.5. The van der Waals surface area contributed by atoms with Crippen LogP contribution < -0.4 is 10.9 Å². The molecule has 3 heterocycles. The highest BCUT2D eigenvalue weighted by Gasteiger charge is 2.23. The molecule has 3 aromatic rings. The number of nitrogens with one attached hydrogen (secondary N) is 1. The van der Waals surface area contributed by atoms with Crippen molar-refractivity contribution in [2.75, 3.05) is 13.2 Å². The van der Waals surface area contributed by atoms with E-state index < -0.39 is 5.82 Å². The van der Waals surface area contributed by atoms with Crippen LogP contribution in [0.1, 0.15) is 33.6 Å². The number of halogens is 2. The third kappa shape index (κ3) is 4.12. The van der Waals surface area contributed by atoms with Gasteiger partial charge in [-0.3, -0.25) is 14.2 Å². The Labute approximate surface area is 181 Å². The van der Waals surface area contributed by atoms with E-state index in [0.29, 0.717) is 44.4 Å². The van der Waals surface area contributed by atoms with Crippen LogP contribution in [-0.4, -0.2) is 34.7 Å². The monoisotopic (exact) mass is 449 g/mol. The highest BCUT2D eigenvalue weighted by atomic mass is 35.5. The molecule has 9 heteroatoms. The van der Waals surface area contributed by atoms with E-state index in [0.717, 1.165) is 12.8 Å². The van der Waals surface area contributed by atoms with Crippen molar-refractivity contribution in [3.05, 3.63) is 61.7 Å². The Bertz CT molecular complexity index is 1130. The average molecular weight is 450 g/mol. The third-order valence-electron chi connectivity index (χ3n) is 5.23. The average Bonchev–Trinajstić information content (AvgIpc) is 3.33. The number of rotatable bonds is 6. The molecule has 1 amide bonds. The molecule has 0 unspecified atom stereocenters. The van der Waals surface area contributed by atoms with Gasteiger partial charge < -0.3 is 10.1 Å². The van der Waals surface area contributed by atoms with E-state index in [4.69, 9.17) is 16.3 Å². The molecule has 6 nitrogen and oxygen atoms in total. The van der Waals surface area contributed by atoms with Crippen molar-refractivity contribution in [3.8, 4) is 0 Å². The summed E-state index contributed by atoms with van der Waals surface area (Å²) in [5.41, 5.74) is 0.433. The number of thiophene rings is 1. The number of fused-ring (bicyclic) bond motifs is 1. The second kappa shape index (κ2) is 8.83. The maximum Gasteiger partial charge on any atom is 0.262 e. The van der Waals surface area contributed by atoms with E-state index in [2.05, 4.69) is 10.3 Å². The van der Waals surface area contributed by atoms with Gasteiger partial charge in [-0.2, -0.15) is 0 Å². The lowest BCUT2D eigenvalue weighted by molar-refractivity contribution is 0.0955. The molecule has 1 aromatic carbocycles. The fourth-order valence-corrected chi connectivity index (χ4v) is 4.94. The smallest absolute Gasteiger partial charge is 0.262 e. The lowest BCUT2D eigenvalue weighted by Gasteiger charge is -2.11. The van der Waals surface area contributed by atoms with E-state index in [1.807, 2.05) is 0 Å². The van der Waals surface area contributed by atoms with Gasteiger partial charge in [-0.15, -0.1) is 11.3 Å². The number of carbonyl (C=O) groups excluding carboxylic acids is 1. The number of aromatic nitrogens is 2. The highest BCUT2D eigenvalue weighted by molar-refractivity contribution is 7.19. The Morgan fingerprint density at radius 1 is 1.47 bits per heavy atom. The molecule has 1 saturated heterocycles. The first-order valence-corrected chi connectivity index (χ1v) is 11.0. The lowest BCUT2D eigenvalue weighted by Crippen LogP contribution is -2.30. The molecule has 1 aliphatic rings. The molecule has 0 bridgehead atoms. The molecule has 4 rings (SSSR count). The van der Waals surface area contributed by atoms with Gasteiger partial charge in [0.1, 0.15) is 10.6 Å². The maximum atomic E-state index is 13.9. The number of ether oxygens (including phenoxy) is 1. The van der Waals surface area contributed by atoms with Crippen LogP contribution in [0.25, 0.3) is 10.2 Å². The van der Waals surface area contributed by atoms with Gasteiger partial charge in [0.25, 0.3) is 11.5 Å². The van der Waals surface area contributed by atoms with Crippen LogP contribution in [0.15, 0.2) is 29.3 Å². The summed E-state index contributed by atoms with van der Waals surface area (Å²) < 4.78 is 21.1. The first-order valence-electron chi connectivity index (χ1n) is 9.77. The van der Waals surface area contributed by atoms with E-state index in [1.165, 1.54) is 34.4 Å². The predicted molar refractivity (Wildman–Crippen MR) is 115 cm³/mol. The van der Waals surface area contributed by atoms with Crippen LogP contribution in [0.3, 0.4) is 0 Å². The van der Waals surface area contributed by atoms with Crippen LogP contribution >= 0.6 is 22.9 Å². The second-order valence-corrected chi connectivity index (χ2v) is 8.87. The number of nitrogens with zero attached hydrogens (tertiary/aromatic N) is 2. The van der Waals surface area contributed by atoms with Gasteiger partial charge in [0.05, 0.1) is 29.9 Å². The summed E-state index contributed by atoms with van der Waals surface area (Å²) in [6, 6.07) is 4.48. The van der Waals surface area contributed by atoms with Crippen molar-refractivity contribution in [2.45, 2.75) is 38.8 Å². The summed E-state index contributed by atoms with van der Waals surface area (Å²) in [5.74, 6) is -0.782. The summed E-state index contributed by atoms with van der Waals surface area (Å²) in [4.78, 5) is 31.6. The molecule has 1 aliphatic heterocycles. The molecule has 0 saturated carbocycles. The Hall–Kier alpha value is -2.29. The molecule has 1 N–H and O–H groups in total. The Kier molecular flexibility index (Phi) is 6.17. The minimum Gasteiger partial charge on any atom is -0.376 e. The van der Waals surface area contributed by atoms with Gasteiger partial charge >= 0.3 is 0 Å². The molecule has 0 radical (unpaired) electrons. The van der Waals surface area contributed by atoms with Crippen molar-refractivity contribution in [3.63, 3.8) is 0 Å². The van der Waals surface area contributed by atoms with Crippen LogP contribution in [-0.2, 0) is 17.7 Å². The summed E-state index contributed by atoms with van der Waals surface area (Å²) in [6.45, 7) is 3.11. The van der Waals surface area contributed by atoms with Crippen molar-refractivity contribution < 1.29 is 13.9 Å². The minimum atomic E-state index is -0.407. The van der Waals surface area contributed by atoms with Crippen LogP contribution in [0.2, 0.25) is 5.02 Å². The van der Waals surface area contributed by atoms with Gasteiger partial charge in [-0.25, -0.2) is 9.37 Å². The van der Waals surface area contributed by atoms with E-state index in [-0.39, 0.29) is 30.5 Å². The van der Waals surface area contributed by atoms with Gasteiger partial charge in [0.2, 0.25) is 0 Å². The summed E-state index contributed by atoms with van der Waals surface area (Å²) in [5, 5.41) is 3.42. The molecule has 1 atom stereocenters. The number of benzene rings is 1. The van der Waals surface area contributed by atoms with E-state index in [1.54, 1.807) is 13.0 Å². The van der Waals surface area contributed by atoms with Crippen molar-refractivity contribution in [1.82, 2.24) is 14.9 Å². The molecular formula is C21H21ClFN3O3S. The van der Waals surface area contributed by atoms with Crippen molar-refractivity contribution in [2.24, 2.45) is 0 Å². The normalized spacial score (nSPS) is 16.3. The van der Waals surface area contributed by atoms with Crippen LogP contribution in [0.5, 0.6) is 0 Å². The predicted octanol–water partition coefficient (Wildman–Crippen LogP) is 3.71. The zero-order valence-electron chi connectivity index (χ0n) is 16.4. The minimum absolute atomic E-state index is 0.00974. The summed E-state index contributed by atoms with van der Waals surface area (Å²) >= 11 is 7.35. The summed E-state index contributed by atoms with van der Waals surface area (Å²) in [7, 11) is 0. The number of hydrogen-bond donors (Lipinski definition) is 1. The Balaban J connectivity index is 1.55. The van der Waals surface area contributed by atoms with Gasteiger partial charge in [0.15, 0.2) is 0 Å². The maximum absolute atomic E-state index is 13.9. The first kappa shape index (κ1) is 21.0. The van der Waals surface area contributed by atoms with Gasteiger partial charge in [0, 0.05) is 28.6 Å². The second-order valence-electron chi connectivity index (χ2n) is 7.26. The summed E-state index contributed by atoms with van der Waals surface area (Å²) in [6.07, 6.45) is 3.64. The Morgan fingerprint density at radius 3 is 3.03 bits per heavy atom. The molecule has 2 aromatic heterocycles. The fourth-order valence-electron chi connectivity index (χ4n) is 3.71. The third-order valence-corrected chi connectivity index (χ3v) is 6.60. The number of amides is 1. The topological polar surface area (TPSA) is 73.2 Å². The molecule has 1 fully saturated rings. The largest absolute Gasteiger partial charge is 0.376 e. The standard InChI is InChI=1S/C21H21ClFN3O3S/c1-12-17(19(27)24-8-7-14-15(22)5-2-6-16(14)23)18-20(30-12)25-11-26(21(18)28)10-13-4-3-9-29-13/h2,5-6,11,13H,3-4,7-10H2,1H3,(H,24,27)/t13-/m1/s1.